The van der Waals surface area contributed by atoms with Crippen LogP contribution in [0.15, 0.2) is 29.4 Å². The third-order valence-corrected chi connectivity index (χ3v) is 2.87. The van der Waals surface area contributed by atoms with E-state index in [4.69, 9.17) is 15.7 Å². The van der Waals surface area contributed by atoms with Crippen LogP contribution in [0.4, 0.5) is 14.9 Å². The predicted molar refractivity (Wildman–Crippen MR) is 70.1 cm³/mol. The summed E-state index contributed by atoms with van der Waals surface area (Å²) >= 11 is 0. The molecule has 0 bridgehead atoms. The third kappa shape index (κ3) is 3.35. The van der Waals surface area contributed by atoms with Crippen LogP contribution >= 0.6 is 0 Å². The van der Waals surface area contributed by atoms with Crippen molar-refractivity contribution in [3.63, 3.8) is 0 Å². The van der Waals surface area contributed by atoms with Crippen LogP contribution in [0.3, 0.4) is 0 Å². The lowest BCUT2D eigenvalue weighted by Gasteiger charge is -2.32. The molecule has 2 rings (SSSR count). The van der Waals surface area contributed by atoms with Gasteiger partial charge in [0.25, 0.3) is 0 Å². The Hall–Kier alpha value is -2.35. The molecule has 1 unspecified atom stereocenters. The summed E-state index contributed by atoms with van der Waals surface area (Å²) < 4.78 is 18.3. The number of benzene rings is 1. The Morgan fingerprint density at radius 2 is 2.40 bits per heavy atom. The van der Waals surface area contributed by atoms with E-state index in [9.17, 15) is 9.18 Å². The molecule has 0 saturated carbocycles. The van der Waals surface area contributed by atoms with Crippen molar-refractivity contribution >= 4 is 17.6 Å². The van der Waals surface area contributed by atoms with Gasteiger partial charge in [-0.05, 0) is 18.2 Å². The zero-order valence-electron chi connectivity index (χ0n) is 10.6. The molecule has 1 aliphatic rings. The van der Waals surface area contributed by atoms with E-state index in [1.54, 1.807) is 6.07 Å². The summed E-state index contributed by atoms with van der Waals surface area (Å²) in [6.07, 6.45) is -0.646. The van der Waals surface area contributed by atoms with Crippen LogP contribution < -0.4 is 11.1 Å². The van der Waals surface area contributed by atoms with Crippen LogP contribution in [0.1, 0.15) is 0 Å². The highest BCUT2D eigenvalue weighted by Gasteiger charge is 2.27. The first-order valence-electron chi connectivity index (χ1n) is 6.00. The number of hydrogen-bond donors (Lipinski definition) is 3. The van der Waals surface area contributed by atoms with E-state index in [-0.39, 0.29) is 19.0 Å². The Morgan fingerprint density at radius 3 is 3.10 bits per heavy atom. The maximum atomic E-state index is 13.0. The zero-order chi connectivity index (χ0) is 14.5. The first-order chi connectivity index (χ1) is 9.60. The van der Waals surface area contributed by atoms with Crippen LogP contribution in [0.5, 0.6) is 0 Å². The standard InChI is InChI=1S/C12H15FN4O3/c13-8-2-1-3-9(6-8)15-12(18)17-4-5-20-10(7-17)11(14)16-19/h1-3,6,10,19H,4-5,7H2,(H2,14,16)(H,15,18). The molecule has 1 fully saturated rings. The first-order valence-corrected chi connectivity index (χ1v) is 6.00. The number of carbonyl (C=O) groups excluding carboxylic acids is 1. The molecule has 0 aliphatic carbocycles. The second kappa shape index (κ2) is 6.20. The van der Waals surface area contributed by atoms with E-state index < -0.39 is 18.0 Å². The molecule has 1 heterocycles. The Labute approximate surface area is 114 Å². The predicted octanol–water partition coefficient (Wildman–Crippen LogP) is 0.805. The Kier molecular flexibility index (Phi) is 4.36. The van der Waals surface area contributed by atoms with Crippen molar-refractivity contribution < 1.29 is 19.1 Å². The number of amides is 2. The second-order valence-corrected chi connectivity index (χ2v) is 4.27. The molecule has 8 heteroatoms. The van der Waals surface area contributed by atoms with Crippen molar-refractivity contribution in [2.75, 3.05) is 25.0 Å². The van der Waals surface area contributed by atoms with Crippen LogP contribution in [0.25, 0.3) is 0 Å². The molecular formula is C12H15FN4O3. The van der Waals surface area contributed by atoms with Crippen molar-refractivity contribution in [3.8, 4) is 0 Å². The molecule has 7 nitrogen and oxygen atoms in total. The SMILES string of the molecule is NC(=NO)C1CN(C(=O)Nc2cccc(F)c2)CCO1. The molecule has 1 atom stereocenters. The van der Waals surface area contributed by atoms with Gasteiger partial charge >= 0.3 is 6.03 Å². The molecule has 0 aromatic heterocycles. The number of morpholine rings is 1. The highest BCUT2D eigenvalue weighted by Crippen LogP contribution is 2.12. The lowest BCUT2D eigenvalue weighted by Crippen LogP contribution is -2.51. The molecule has 2 amide bonds. The van der Waals surface area contributed by atoms with Gasteiger partial charge in [0, 0.05) is 12.2 Å². The average Bonchev–Trinajstić information content (AvgIpc) is 2.46. The molecule has 0 spiro atoms. The molecule has 1 aliphatic heterocycles. The van der Waals surface area contributed by atoms with Crippen molar-refractivity contribution in [2.24, 2.45) is 10.9 Å². The van der Waals surface area contributed by atoms with Crippen LogP contribution in [0.2, 0.25) is 0 Å². The fraction of sp³-hybridized carbons (Fsp3) is 0.333. The molecule has 1 aromatic carbocycles. The number of urea groups is 1. The van der Waals surface area contributed by atoms with Crippen LogP contribution in [-0.2, 0) is 4.74 Å². The van der Waals surface area contributed by atoms with Gasteiger partial charge in [-0.25, -0.2) is 9.18 Å². The van der Waals surface area contributed by atoms with Gasteiger partial charge in [-0.3, -0.25) is 0 Å². The largest absolute Gasteiger partial charge is 0.409 e. The van der Waals surface area contributed by atoms with E-state index in [2.05, 4.69) is 10.5 Å². The van der Waals surface area contributed by atoms with Gasteiger partial charge < -0.3 is 25.9 Å². The van der Waals surface area contributed by atoms with Crippen LogP contribution in [0, 0.1) is 5.82 Å². The number of anilines is 1. The van der Waals surface area contributed by atoms with Crippen molar-refractivity contribution in [1.82, 2.24) is 4.90 Å². The summed E-state index contributed by atoms with van der Waals surface area (Å²) in [6.45, 7) is 0.810. The summed E-state index contributed by atoms with van der Waals surface area (Å²) in [7, 11) is 0. The van der Waals surface area contributed by atoms with Gasteiger partial charge in [0.1, 0.15) is 11.9 Å². The number of nitrogens with zero attached hydrogens (tertiary/aromatic N) is 2. The van der Waals surface area contributed by atoms with Crippen molar-refractivity contribution in [2.45, 2.75) is 6.10 Å². The molecule has 0 radical (unpaired) electrons. The minimum Gasteiger partial charge on any atom is -0.409 e. The number of nitrogens with two attached hydrogens (primary N) is 1. The second-order valence-electron chi connectivity index (χ2n) is 4.27. The van der Waals surface area contributed by atoms with E-state index in [0.29, 0.717) is 12.2 Å². The highest BCUT2D eigenvalue weighted by molar-refractivity contribution is 5.90. The summed E-state index contributed by atoms with van der Waals surface area (Å²) in [4.78, 5) is 13.5. The van der Waals surface area contributed by atoms with E-state index in [1.165, 1.54) is 23.1 Å². The Bertz CT molecular complexity index is 523. The maximum absolute atomic E-state index is 13.0. The number of hydrogen-bond acceptors (Lipinski definition) is 4. The molecule has 1 aromatic rings. The molecule has 4 N–H and O–H groups in total. The number of halogens is 1. The normalized spacial score (nSPS) is 19.8. The number of nitrogens with one attached hydrogen (secondary N) is 1. The summed E-state index contributed by atoms with van der Waals surface area (Å²) in [5, 5.41) is 14.0. The van der Waals surface area contributed by atoms with Crippen LogP contribution in [-0.4, -0.2) is 47.8 Å². The quantitative estimate of drug-likeness (QED) is 0.323. The highest BCUT2D eigenvalue weighted by atomic mass is 19.1. The Morgan fingerprint density at radius 1 is 1.60 bits per heavy atom. The molecule has 108 valence electrons. The fourth-order valence-electron chi connectivity index (χ4n) is 1.85. The van der Waals surface area contributed by atoms with Crippen molar-refractivity contribution in [3.05, 3.63) is 30.1 Å². The number of carbonyl (C=O) groups is 1. The van der Waals surface area contributed by atoms with E-state index >= 15 is 0 Å². The maximum Gasteiger partial charge on any atom is 0.322 e. The van der Waals surface area contributed by atoms with Crippen molar-refractivity contribution in [1.29, 1.82) is 0 Å². The van der Waals surface area contributed by atoms with Gasteiger partial charge in [0.2, 0.25) is 0 Å². The lowest BCUT2D eigenvalue weighted by molar-refractivity contribution is 0.0223. The average molecular weight is 282 g/mol. The summed E-state index contributed by atoms with van der Waals surface area (Å²) in [5.74, 6) is -0.521. The number of rotatable bonds is 2. The fourth-order valence-corrected chi connectivity index (χ4v) is 1.85. The first kappa shape index (κ1) is 14.1. The van der Waals surface area contributed by atoms with Gasteiger partial charge in [-0.1, -0.05) is 11.2 Å². The topological polar surface area (TPSA) is 100 Å². The lowest BCUT2D eigenvalue weighted by atomic mass is 10.2. The monoisotopic (exact) mass is 282 g/mol. The third-order valence-electron chi connectivity index (χ3n) is 2.87. The Balaban J connectivity index is 1.98. The number of ether oxygens (including phenoxy) is 1. The van der Waals surface area contributed by atoms with E-state index in [1.807, 2.05) is 0 Å². The zero-order valence-corrected chi connectivity index (χ0v) is 10.6. The molecule has 20 heavy (non-hydrogen) atoms. The molecule has 1 saturated heterocycles. The smallest absolute Gasteiger partial charge is 0.322 e. The minimum absolute atomic E-state index is 0.0896. The summed E-state index contributed by atoms with van der Waals surface area (Å²) in [5.41, 5.74) is 5.81. The minimum atomic E-state index is -0.646. The van der Waals surface area contributed by atoms with Gasteiger partial charge in [0.15, 0.2) is 5.84 Å². The molecular weight excluding hydrogens is 267 g/mol. The number of oxime groups is 1. The van der Waals surface area contributed by atoms with Gasteiger partial charge in [-0.2, -0.15) is 0 Å². The van der Waals surface area contributed by atoms with Gasteiger partial charge in [-0.15, -0.1) is 0 Å². The summed E-state index contributed by atoms with van der Waals surface area (Å²) in [6, 6.07) is 5.21. The van der Waals surface area contributed by atoms with E-state index in [0.717, 1.165) is 0 Å². The van der Waals surface area contributed by atoms with Gasteiger partial charge in [0.05, 0.1) is 13.2 Å². The number of amidine groups is 1.